The predicted octanol–water partition coefficient (Wildman–Crippen LogP) is 2.91. The van der Waals surface area contributed by atoms with Crippen molar-refractivity contribution < 1.29 is 13.2 Å². The van der Waals surface area contributed by atoms with Crippen molar-refractivity contribution in [2.75, 3.05) is 11.9 Å². The Morgan fingerprint density at radius 2 is 1.68 bits per heavy atom. The summed E-state index contributed by atoms with van der Waals surface area (Å²) < 4.78 is 26.2. The standard InChI is InChI=1S/C14H12Cl2N2O3S/c15-11-7-4-8-12(14(11)16)18-13(19)9-17-22(20,21)10-5-2-1-3-6-10/h1-8,17H,9H2,(H,18,19). The molecule has 0 heterocycles. The second-order valence-electron chi connectivity index (χ2n) is 4.29. The predicted molar refractivity (Wildman–Crippen MR) is 86.7 cm³/mol. The molecule has 1 amide bonds. The van der Waals surface area contributed by atoms with Crippen molar-refractivity contribution in [3.63, 3.8) is 0 Å². The van der Waals surface area contributed by atoms with Gasteiger partial charge in [0.05, 0.1) is 27.2 Å². The average molecular weight is 359 g/mol. The monoisotopic (exact) mass is 358 g/mol. The molecule has 2 N–H and O–H groups in total. The van der Waals surface area contributed by atoms with E-state index in [0.717, 1.165) is 0 Å². The van der Waals surface area contributed by atoms with E-state index in [9.17, 15) is 13.2 Å². The highest BCUT2D eigenvalue weighted by atomic mass is 35.5. The normalized spacial score (nSPS) is 11.2. The molecule has 0 fully saturated rings. The summed E-state index contributed by atoms with van der Waals surface area (Å²) in [6, 6.07) is 12.5. The first-order valence-corrected chi connectivity index (χ1v) is 8.42. The molecule has 0 atom stereocenters. The van der Waals surface area contributed by atoms with Gasteiger partial charge in [0.2, 0.25) is 15.9 Å². The van der Waals surface area contributed by atoms with Crippen LogP contribution in [0.1, 0.15) is 0 Å². The van der Waals surface area contributed by atoms with Crippen LogP contribution >= 0.6 is 23.2 Å². The summed E-state index contributed by atoms with van der Waals surface area (Å²) >= 11 is 11.8. The zero-order chi connectivity index (χ0) is 16.2. The van der Waals surface area contributed by atoms with Crippen molar-refractivity contribution in [2.45, 2.75) is 4.90 Å². The molecule has 8 heteroatoms. The fourth-order valence-electron chi connectivity index (χ4n) is 1.64. The minimum atomic E-state index is -3.74. The number of carbonyl (C=O) groups is 1. The number of hydrogen-bond donors (Lipinski definition) is 2. The molecule has 0 aromatic heterocycles. The van der Waals surface area contributed by atoms with Gasteiger partial charge in [0.15, 0.2) is 0 Å². The summed E-state index contributed by atoms with van der Waals surface area (Å²) in [6.45, 7) is -0.417. The van der Waals surface area contributed by atoms with Gasteiger partial charge in [0.25, 0.3) is 0 Å². The van der Waals surface area contributed by atoms with Gasteiger partial charge in [-0.05, 0) is 24.3 Å². The smallest absolute Gasteiger partial charge is 0.241 e. The van der Waals surface area contributed by atoms with Crippen LogP contribution in [0, 0.1) is 0 Å². The quantitative estimate of drug-likeness (QED) is 0.862. The van der Waals surface area contributed by atoms with E-state index in [-0.39, 0.29) is 9.92 Å². The average Bonchev–Trinajstić information content (AvgIpc) is 2.51. The largest absolute Gasteiger partial charge is 0.324 e. The molecule has 0 bridgehead atoms. The van der Waals surface area contributed by atoms with Gasteiger partial charge in [-0.1, -0.05) is 47.5 Å². The Kier molecular flexibility index (Phi) is 5.42. The van der Waals surface area contributed by atoms with Crippen molar-refractivity contribution >= 4 is 44.8 Å². The van der Waals surface area contributed by atoms with Gasteiger partial charge in [0.1, 0.15) is 0 Å². The van der Waals surface area contributed by atoms with Gasteiger partial charge >= 0.3 is 0 Å². The van der Waals surface area contributed by atoms with Crippen molar-refractivity contribution in [1.82, 2.24) is 4.72 Å². The Morgan fingerprint density at radius 1 is 1.00 bits per heavy atom. The first kappa shape index (κ1) is 16.8. The lowest BCUT2D eigenvalue weighted by Gasteiger charge is -2.09. The maximum Gasteiger partial charge on any atom is 0.241 e. The van der Waals surface area contributed by atoms with Gasteiger partial charge in [-0.3, -0.25) is 4.79 Å². The third kappa shape index (κ3) is 4.20. The van der Waals surface area contributed by atoms with Crippen LogP contribution in [0.2, 0.25) is 10.0 Å². The summed E-state index contributed by atoms with van der Waals surface area (Å²) in [6.07, 6.45) is 0. The van der Waals surface area contributed by atoms with Crippen LogP contribution in [0.25, 0.3) is 0 Å². The Labute approximate surface area is 138 Å². The SMILES string of the molecule is O=C(CNS(=O)(=O)c1ccccc1)Nc1cccc(Cl)c1Cl. The minimum absolute atomic E-state index is 0.0867. The van der Waals surface area contributed by atoms with E-state index in [0.29, 0.717) is 10.7 Å². The highest BCUT2D eigenvalue weighted by Gasteiger charge is 2.15. The van der Waals surface area contributed by atoms with Gasteiger partial charge in [-0.2, -0.15) is 0 Å². The second kappa shape index (κ2) is 7.11. The molecule has 0 aliphatic rings. The number of carbonyl (C=O) groups excluding carboxylic acids is 1. The van der Waals surface area contributed by atoms with Crippen molar-refractivity contribution in [3.8, 4) is 0 Å². The number of hydrogen-bond acceptors (Lipinski definition) is 3. The molecular weight excluding hydrogens is 347 g/mol. The fourth-order valence-corrected chi connectivity index (χ4v) is 2.99. The highest BCUT2D eigenvalue weighted by molar-refractivity contribution is 7.89. The molecular formula is C14H12Cl2N2O3S. The molecule has 2 aromatic rings. The molecule has 0 aliphatic carbocycles. The molecule has 2 rings (SSSR count). The Morgan fingerprint density at radius 3 is 2.36 bits per heavy atom. The topological polar surface area (TPSA) is 75.3 Å². The van der Waals surface area contributed by atoms with E-state index < -0.39 is 22.5 Å². The third-order valence-electron chi connectivity index (χ3n) is 2.70. The van der Waals surface area contributed by atoms with Crippen LogP contribution in [-0.4, -0.2) is 20.9 Å². The zero-order valence-electron chi connectivity index (χ0n) is 11.2. The Hall–Kier alpha value is -1.60. The molecule has 0 unspecified atom stereocenters. The third-order valence-corrected chi connectivity index (χ3v) is 4.94. The van der Waals surface area contributed by atoms with Crippen LogP contribution in [0.15, 0.2) is 53.4 Å². The van der Waals surface area contributed by atoms with Crippen molar-refractivity contribution in [2.24, 2.45) is 0 Å². The summed E-state index contributed by atoms with van der Waals surface area (Å²) in [5, 5.41) is 2.99. The lowest BCUT2D eigenvalue weighted by atomic mass is 10.3. The lowest BCUT2D eigenvalue weighted by molar-refractivity contribution is -0.115. The summed E-state index contributed by atoms with van der Waals surface area (Å²) in [7, 11) is -3.74. The number of nitrogens with one attached hydrogen (secondary N) is 2. The molecule has 0 radical (unpaired) electrons. The second-order valence-corrected chi connectivity index (χ2v) is 6.84. The molecule has 0 saturated carbocycles. The summed E-state index contributed by atoms with van der Waals surface area (Å²) in [4.78, 5) is 11.9. The first-order chi connectivity index (χ1) is 10.4. The number of benzene rings is 2. The lowest BCUT2D eigenvalue weighted by Crippen LogP contribution is -2.32. The van der Waals surface area contributed by atoms with E-state index in [1.807, 2.05) is 0 Å². The number of halogens is 2. The van der Waals surface area contributed by atoms with Crippen LogP contribution in [0.5, 0.6) is 0 Å². The van der Waals surface area contributed by atoms with Gasteiger partial charge in [0, 0.05) is 0 Å². The Balaban J connectivity index is 2.00. The van der Waals surface area contributed by atoms with E-state index >= 15 is 0 Å². The number of rotatable bonds is 5. The van der Waals surface area contributed by atoms with E-state index in [1.165, 1.54) is 12.1 Å². The van der Waals surface area contributed by atoms with E-state index in [1.54, 1.807) is 36.4 Å². The molecule has 0 spiro atoms. The zero-order valence-corrected chi connectivity index (χ0v) is 13.5. The molecule has 22 heavy (non-hydrogen) atoms. The van der Waals surface area contributed by atoms with E-state index in [4.69, 9.17) is 23.2 Å². The summed E-state index contributed by atoms with van der Waals surface area (Å²) in [5.41, 5.74) is 0.318. The maximum atomic E-state index is 12.0. The highest BCUT2D eigenvalue weighted by Crippen LogP contribution is 2.29. The molecule has 116 valence electrons. The van der Waals surface area contributed by atoms with Crippen LogP contribution in [-0.2, 0) is 14.8 Å². The maximum absolute atomic E-state index is 12.0. The van der Waals surface area contributed by atoms with Crippen molar-refractivity contribution in [3.05, 3.63) is 58.6 Å². The number of sulfonamides is 1. The van der Waals surface area contributed by atoms with Crippen LogP contribution < -0.4 is 10.0 Å². The number of amides is 1. The molecule has 0 saturated heterocycles. The molecule has 5 nitrogen and oxygen atoms in total. The summed E-state index contributed by atoms with van der Waals surface area (Å²) in [5.74, 6) is -0.552. The van der Waals surface area contributed by atoms with Crippen LogP contribution in [0.4, 0.5) is 5.69 Å². The molecule has 2 aromatic carbocycles. The Bertz CT molecular complexity index is 780. The van der Waals surface area contributed by atoms with Crippen molar-refractivity contribution in [1.29, 1.82) is 0 Å². The molecule has 0 aliphatic heterocycles. The van der Waals surface area contributed by atoms with Gasteiger partial charge in [-0.15, -0.1) is 0 Å². The van der Waals surface area contributed by atoms with Gasteiger partial charge in [-0.25, -0.2) is 13.1 Å². The van der Waals surface area contributed by atoms with E-state index in [2.05, 4.69) is 10.0 Å². The van der Waals surface area contributed by atoms with Gasteiger partial charge < -0.3 is 5.32 Å². The first-order valence-electron chi connectivity index (χ1n) is 6.19. The fraction of sp³-hybridized carbons (Fsp3) is 0.0714. The van der Waals surface area contributed by atoms with Crippen LogP contribution in [0.3, 0.4) is 0 Å². The minimum Gasteiger partial charge on any atom is -0.324 e. The number of anilines is 1.